The number of hydrogen-bond acceptors (Lipinski definition) is 5. The third-order valence-electron chi connectivity index (χ3n) is 2.98. The van der Waals surface area contributed by atoms with Crippen molar-refractivity contribution in [3.63, 3.8) is 0 Å². The molecule has 0 spiro atoms. The molecule has 20 heavy (non-hydrogen) atoms. The van der Waals surface area contributed by atoms with Gasteiger partial charge in [0.25, 0.3) is 0 Å². The molecule has 0 aliphatic carbocycles. The zero-order chi connectivity index (χ0) is 14.8. The highest BCUT2D eigenvalue weighted by Gasteiger charge is 2.08. The Bertz CT molecular complexity index is 345. The van der Waals surface area contributed by atoms with E-state index in [0.717, 1.165) is 32.0 Å². The molecule has 1 heterocycles. The van der Waals surface area contributed by atoms with Gasteiger partial charge in [0.1, 0.15) is 0 Å². The molecule has 0 aliphatic rings. The molecule has 0 amide bonds. The number of pyridine rings is 1. The summed E-state index contributed by atoms with van der Waals surface area (Å²) in [7, 11) is 0. The van der Waals surface area contributed by atoms with Crippen LogP contribution < -0.4 is 4.90 Å². The van der Waals surface area contributed by atoms with Crippen LogP contribution in [0.1, 0.15) is 32.6 Å². The van der Waals surface area contributed by atoms with E-state index in [9.17, 15) is 5.11 Å². The van der Waals surface area contributed by atoms with Crippen LogP contribution in [0.3, 0.4) is 0 Å². The highest BCUT2D eigenvalue weighted by Crippen LogP contribution is 2.16. The first-order valence-corrected chi connectivity index (χ1v) is 7.23. The number of aliphatic hydroxyl groups is 1. The van der Waals surface area contributed by atoms with Crippen LogP contribution in [0.5, 0.6) is 0 Å². The SMILES string of the molecule is CCOCCN(CCOCC)c1ccc([C@H](C)O)nc1. The maximum atomic E-state index is 9.48. The molecule has 1 aromatic rings. The second-order valence-electron chi connectivity index (χ2n) is 4.50. The number of aliphatic hydroxyl groups excluding tert-OH is 1. The van der Waals surface area contributed by atoms with Gasteiger partial charge in [-0.05, 0) is 32.9 Å². The van der Waals surface area contributed by atoms with Crippen LogP contribution in [0.4, 0.5) is 5.69 Å². The minimum atomic E-state index is -0.538. The molecule has 0 saturated heterocycles. The summed E-state index contributed by atoms with van der Waals surface area (Å²) in [5.41, 5.74) is 1.71. The van der Waals surface area contributed by atoms with Crippen LogP contribution in [0.15, 0.2) is 18.3 Å². The second kappa shape index (κ2) is 9.69. The average Bonchev–Trinajstić information content (AvgIpc) is 2.46. The lowest BCUT2D eigenvalue weighted by Gasteiger charge is -2.24. The van der Waals surface area contributed by atoms with Gasteiger partial charge in [-0.2, -0.15) is 0 Å². The Kier molecular flexibility index (Phi) is 8.18. The van der Waals surface area contributed by atoms with Gasteiger partial charge in [0.05, 0.1) is 36.9 Å². The molecule has 0 saturated carbocycles. The van der Waals surface area contributed by atoms with Crippen LogP contribution in [-0.4, -0.2) is 49.6 Å². The third-order valence-corrected chi connectivity index (χ3v) is 2.98. The summed E-state index contributed by atoms with van der Waals surface area (Å²) in [6.07, 6.45) is 1.25. The standard InChI is InChI=1S/C15H26N2O3/c1-4-19-10-8-17(9-11-20-5-2)14-6-7-15(13(3)18)16-12-14/h6-7,12-13,18H,4-5,8-11H2,1-3H3/t13-/m0/s1. The van der Waals surface area contributed by atoms with Crippen molar-refractivity contribution in [1.82, 2.24) is 4.98 Å². The van der Waals surface area contributed by atoms with Gasteiger partial charge in [-0.1, -0.05) is 0 Å². The van der Waals surface area contributed by atoms with Crippen molar-refractivity contribution >= 4 is 5.69 Å². The van der Waals surface area contributed by atoms with Crippen molar-refractivity contribution in [1.29, 1.82) is 0 Å². The number of rotatable bonds is 10. The van der Waals surface area contributed by atoms with Crippen molar-refractivity contribution in [2.24, 2.45) is 0 Å². The van der Waals surface area contributed by atoms with E-state index < -0.39 is 6.10 Å². The molecule has 1 rings (SSSR count). The molecule has 1 atom stereocenters. The molecule has 0 radical (unpaired) electrons. The minimum Gasteiger partial charge on any atom is -0.387 e. The Morgan fingerprint density at radius 3 is 2.15 bits per heavy atom. The smallest absolute Gasteiger partial charge is 0.0931 e. The van der Waals surface area contributed by atoms with Crippen LogP contribution in [0.25, 0.3) is 0 Å². The molecular formula is C15H26N2O3. The van der Waals surface area contributed by atoms with Crippen molar-refractivity contribution < 1.29 is 14.6 Å². The van der Waals surface area contributed by atoms with Gasteiger partial charge in [0.15, 0.2) is 0 Å². The predicted octanol–water partition coefficient (Wildman–Crippen LogP) is 2.01. The summed E-state index contributed by atoms with van der Waals surface area (Å²) in [4.78, 5) is 6.47. The zero-order valence-corrected chi connectivity index (χ0v) is 12.7. The van der Waals surface area contributed by atoms with Crippen LogP contribution in [-0.2, 0) is 9.47 Å². The number of hydrogen-bond donors (Lipinski definition) is 1. The molecule has 5 heteroatoms. The van der Waals surface area contributed by atoms with E-state index in [2.05, 4.69) is 9.88 Å². The van der Waals surface area contributed by atoms with Gasteiger partial charge >= 0.3 is 0 Å². The molecule has 0 fully saturated rings. The van der Waals surface area contributed by atoms with Gasteiger partial charge < -0.3 is 19.5 Å². The molecule has 0 aliphatic heterocycles. The molecule has 1 aromatic heterocycles. The largest absolute Gasteiger partial charge is 0.387 e. The average molecular weight is 282 g/mol. The molecular weight excluding hydrogens is 256 g/mol. The molecule has 0 bridgehead atoms. The van der Waals surface area contributed by atoms with Crippen molar-refractivity contribution in [2.45, 2.75) is 26.9 Å². The number of nitrogens with zero attached hydrogens (tertiary/aromatic N) is 2. The summed E-state index contributed by atoms with van der Waals surface area (Å²) in [5.74, 6) is 0. The van der Waals surface area contributed by atoms with Crippen LogP contribution in [0, 0.1) is 0 Å². The topological polar surface area (TPSA) is 54.8 Å². The second-order valence-corrected chi connectivity index (χ2v) is 4.50. The van der Waals surface area contributed by atoms with Gasteiger partial charge in [-0.15, -0.1) is 0 Å². The van der Waals surface area contributed by atoms with Crippen molar-refractivity contribution in [3.8, 4) is 0 Å². The normalized spacial score (nSPS) is 12.4. The van der Waals surface area contributed by atoms with Crippen molar-refractivity contribution in [2.75, 3.05) is 44.4 Å². The Morgan fingerprint density at radius 1 is 1.15 bits per heavy atom. The van der Waals surface area contributed by atoms with E-state index >= 15 is 0 Å². The summed E-state index contributed by atoms with van der Waals surface area (Å²) in [6.45, 7) is 10.1. The first kappa shape index (κ1) is 16.9. The third kappa shape index (κ3) is 5.86. The number of anilines is 1. The van der Waals surface area contributed by atoms with E-state index in [1.807, 2.05) is 26.0 Å². The van der Waals surface area contributed by atoms with E-state index in [4.69, 9.17) is 9.47 Å². The minimum absolute atomic E-state index is 0.538. The molecule has 114 valence electrons. The van der Waals surface area contributed by atoms with Crippen LogP contribution >= 0.6 is 0 Å². The molecule has 1 N–H and O–H groups in total. The lowest BCUT2D eigenvalue weighted by molar-refractivity contribution is 0.141. The van der Waals surface area contributed by atoms with Gasteiger partial charge in [0, 0.05) is 26.3 Å². The van der Waals surface area contributed by atoms with E-state index in [1.54, 1.807) is 13.1 Å². The molecule has 5 nitrogen and oxygen atoms in total. The Balaban J connectivity index is 2.64. The maximum absolute atomic E-state index is 9.48. The van der Waals surface area contributed by atoms with Gasteiger partial charge in [-0.3, -0.25) is 4.98 Å². The van der Waals surface area contributed by atoms with E-state index in [0.29, 0.717) is 18.9 Å². The van der Waals surface area contributed by atoms with Crippen LogP contribution in [0.2, 0.25) is 0 Å². The van der Waals surface area contributed by atoms with Gasteiger partial charge in [-0.25, -0.2) is 0 Å². The Labute approximate surface area is 121 Å². The fraction of sp³-hybridized carbons (Fsp3) is 0.667. The van der Waals surface area contributed by atoms with E-state index in [-0.39, 0.29) is 0 Å². The fourth-order valence-electron chi connectivity index (χ4n) is 1.84. The molecule has 0 aromatic carbocycles. The lowest BCUT2D eigenvalue weighted by atomic mass is 10.2. The number of ether oxygens (including phenoxy) is 2. The highest BCUT2D eigenvalue weighted by atomic mass is 16.5. The predicted molar refractivity (Wildman–Crippen MR) is 80.1 cm³/mol. The highest BCUT2D eigenvalue weighted by molar-refractivity contribution is 5.44. The summed E-state index contributed by atoms with van der Waals surface area (Å²) in [6, 6.07) is 3.83. The number of aromatic nitrogens is 1. The first-order valence-electron chi connectivity index (χ1n) is 7.23. The summed E-state index contributed by atoms with van der Waals surface area (Å²) < 4.78 is 10.8. The Morgan fingerprint density at radius 2 is 1.75 bits per heavy atom. The monoisotopic (exact) mass is 282 g/mol. The summed E-state index contributed by atoms with van der Waals surface area (Å²) >= 11 is 0. The van der Waals surface area contributed by atoms with Crippen molar-refractivity contribution in [3.05, 3.63) is 24.0 Å². The Hall–Kier alpha value is -1.17. The van der Waals surface area contributed by atoms with E-state index in [1.165, 1.54) is 0 Å². The maximum Gasteiger partial charge on any atom is 0.0931 e. The quantitative estimate of drug-likeness (QED) is 0.665. The lowest BCUT2D eigenvalue weighted by Crippen LogP contribution is -2.31. The fourth-order valence-corrected chi connectivity index (χ4v) is 1.84. The summed E-state index contributed by atoms with van der Waals surface area (Å²) in [5, 5.41) is 9.48. The first-order chi connectivity index (χ1) is 9.69. The zero-order valence-electron chi connectivity index (χ0n) is 12.7. The van der Waals surface area contributed by atoms with Gasteiger partial charge in [0.2, 0.25) is 0 Å². The molecule has 0 unspecified atom stereocenters.